The van der Waals surface area contributed by atoms with Crippen LogP contribution < -0.4 is 9.75 Å². The Morgan fingerprint density at radius 2 is 1.96 bits per heavy atom. The normalized spacial score (nSPS) is 10.0. The van der Waals surface area contributed by atoms with E-state index < -0.39 is 11.1 Å². The van der Waals surface area contributed by atoms with Crippen LogP contribution in [0.2, 0.25) is 0 Å². The van der Waals surface area contributed by atoms with E-state index in [9.17, 15) is 19.8 Å². The Balaban J connectivity index is 1.97. The molecule has 0 fully saturated rings. The van der Waals surface area contributed by atoms with Crippen LogP contribution in [0.15, 0.2) is 52.2 Å². The summed E-state index contributed by atoms with van der Waals surface area (Å²) in [6.07, 6.45) is -1.01. The SMILES string of the molecule is CN(N=O)c1ccc(OC(=O)OCc2ccc(Br)cc2[N+](=O)[O-])cc1. The minimum absolute atomic E-state index is 0.170. The molecule has 0 bridgehead atoms. The first-order chi connectivity index (χ1) is 11.9. The third-order valence-electron chi connectivity index (χ3n) is 3.12. The number of halogens is 1. The average Bonchev–Trinajstić information content (AvgIpc) is 2.60. The summed E-state index contributed by atoms with van der Waals surface area (Å²) in [5, 5.41) is 14.8. The molecule has 130 valence electrons. The van der Waals surface area contributed by atoms with Crippen LogP contribution in [0.1, 0.15) is 5.56 Å². The summed E-state index contributed by atoms with van der Waals surface area (Å²) in [6, 6.07) is 10.4. The molecule has 2 rings (SSSR count). The number of nitro groups is 1. The van der Waals surface area contributed by atoms with Gasteiger partial charge in [-0.1, -0.05) is 15.9 Å². The van der Waals surface area contributed by atoms with E-state index in [4.69, 9.17) is 9.47 Å². The van der Waals surface area contributed by atoms with E-state index in [0.29, 0.717) is 10.2 Å². The number of anilines is 1. The minimum Gasteiger partial charge on any atom is -0.429 e. The smallest absolute Gasteiger partial charge is 0.429 e. The first-order valence-corrected chi connectivity index (χ1v) is 7.64. The second kappa shape index (κ2) is 8.20. The molecule has 0 atom stereocenters. The molecule has 0 unspecified atom stereocenters. The highest BCUT2D eigenvalue weighted by Gasteiger charge is 2.16. The largest absolute Gasteiger partial charge is 0.514 e. The molecule has 0 aliphatic rings. The zero-order valence-electron chi connectivity index (χ0n) is 12.9. The first-order valence-electron chi connectivity index (χ1n) is 6.85. The van der Waals surface area contributed by atoms with Gasteiger partial charge in [-0.05, 0) is 36.4 Å². The van der Waals surface area contributed by atoms with Crippen LogP contribution in [0.5, 0.6) is 5.75 Å². The Kier molecular flexibility index (Phi) is 6.01. The molecular weight excluding hydrogens is 398 g/mol. The Morgan fingerprint density at radius 1 is 1.28 bits per heavy atom. The average molecular weight is 410 g/mol. The van der Waals surface area contributed by atoms with Gasteiger partial charge < -0.3 is 9.47 Å². The number of hydrogen-bond donors (Lipinski definition) is 0. The molecule has 25 heavy (non-hydrogen) atoms. The van der Waals surface area contributed by atoms with E-state index in [-0.39, 0.29) is 23.6 Å². The van der Waals surface area contributed by atoms with Gasteiger partial charge in [-0.3, -0.25) is 10.1 Å². The molecule has 0 radical (unpaired) electrons. The van der Waals surface area contributed by atoms with Gasteiger partial charge in [-0.2, -0.15) is 0 Å². The third kappa shape index (κ3) is 4.98. The summed E-state index contributed by atoms with van der Waals surface area (Å²) >= 11 is 3.14. The molecule has 0 heterocycles. The maximum absolute atomic E-state index is 11.7. The monoisotopic (exact) mass is 409 g/mol. The van der Waals surface area contributed by atoms with Gasteiger partial charge in [0.15, 0.2) is 0 Å². The molecule has 2 aromatic carbocycles. The van der Waals surface area contributed by atoms with Crippen molar-refractivity contribution in [3.8, 4) is 5.75 Å². The Hall–Kier alpha value is -3.01. The summed E-state index contributed by atoms with van der Waals surface area (Å²) in [7, 11) is 1.47. The van der Waals surface area contributed by atoms with Gasteiger partial charge >= 0.3 is 6.16 Å². The van der Waals surface area contributed by atoms with Crippen LogP contribution in [-0.2, 0) is 11.3 Å². The van der Waals surface area contributed by atoms with Gasteiger partial charge in [0.05, 0.1) is 21.5 Å². The van der Waals surface area contributed by atoms with Crippen LogP contribution in [0, 0.1) is 15.0 Å². The fourth-order valence-electron chi connectivity index (χ4n) is 1.87. The molecule has 0 N–H and O–H groups in total. The van der Waals surface area contributed by atoms with Gasteiger partial charge in [-0.25, -0.2) is 9.80 Å². The summed E-state index contributed by atoms with van der Waals surface area (Å²) in [5.41, 5.74) is 0.580. The number of carbonyl (C=O) groups is 1. The van der Waals surface area contributed by atoms with Gasteiger partial charge in [0, 0.05) is 17.6 Å². The second-order valence-corrected chi connectivity index (χ2v) is 5.69. The van der Waals surface area contributed by atoms with E-state index in [1.165, 1.54) is 43.4 Å². The lowest BCUT2D eigenvalue weighted by atomic mass is 10.2. The first kappa shape index (κ1) is 18.3. The summed E-state index contributed by atoms with van der Waals surface area (Å²) in [6.45, 7) is -0.307. The van der Waals surface area contributed by atoms with E-state index in [1.807, 2.05) is 0 Å². The molecule has 0 aliphatic carbocycles. The highest BCUT2D eigenvalue weighted by Crippen LogP contribution is 2.24. The minimum atomic E-state index is -1.01. The lowest BCUT2D eigenvalue weighted by Crippen LogP contribution is -2.11. The number of hydrogen-bond acceptors (Lipinski definition) is 7. The fourth-order valence-corrected chi connectivity index (χ4v) is 2.22. The molecule has 9 nitrogen and oxygen atoms in total. The maximum Gasteiger partial charge on any atom is 0.514 e. The molecule has 10 heteroatoms. The third-order valence-corrected chi connectivity index (χ3v) is 3.62. The molecule has 0 saturated carbocycles. The van der Waals surface area contributed by atoms with Crippen LogP contribution in [-0.4, -0.2) is 18.1 Å². The topological polar surface area (TPSA) is 111 Å². The van der Waals surface area contributed by atoms with Crippen molar-refractivity contribution >= 4 is 33.5 Å². The second-order valence-electron chi connectivity index (χ2n) is 4.77. The van der Waals surface area contributed by atoms with Crippen LogP contribution in [0.3, 0.4) is 0 Å². The van der Waals surface area contributed by atoms with E-state index in [0.717, 1.165) is 5.01 Å². The van der Waals surface area contributed by atoms with Gasteiger partial charge in [-0.15, -0.1) is 4.91 Å². The van der Waals surface area contributed by atoms with Crippen LogP contribution in [0.25, 0.3) is 0 Å². The lowest BCUT2D eigenvalue weighted by molar-refractivity contribution is -0.385. The van der Waals surface area contributed by atoms with E-state index in [1.54, 1.807) is 6.07 Å². The zero-order chi connectivity index (χ0) is 18.4. The fraction of sp³-hybridized carbons (Fsp3) is 0.133. The summed E-state index contributed by atoms with van der Waals surface area (Å²) in [4.78, 5) is 32.5. The number of nitroso groups, excluding NO2 is 1. The number of rotatable bonds is 6. The molecule has 0 aromatic heterocycles. The van der Waals surface area contributed by atoms with E-state index >= 15 is 0 Å². The Labute approximate surface area is 150 Å². The standard InChI is InChI=1S/C15H12BrN3O6/c1-18(17-21)12-4-6-13(7-5-12)25-15(20)24-9-10-2-3-11(16)8-14(10)19(22)23/h2-8H,9H2,1H3. The zero-order valence-corrected chi connectivity index (χ0v) is 14.5. The molecule has 0 spiro atoms. The Bertz CT molecular complexity index is 796. The quantitative estimate of drug-likeness (QED) is 0.231. The van der Waals surface area contributed by atoms with Crippen molar-refractivity contribution in [2.24, 2.45) is 5.29 Å². The van der Waals surface area contributed by atoms with Crippen molar-refractivity contribution in [2.45, 2.75) is 6.61 Å². The van der Waals surface area contributed by atoms with Gasteiger partial charge in [0.25, 0.3) is 5.69 Å². The lowest BCUT2D eigenvalue weighted by Gasteiger charge is -2.10. The van der Waals surface area contributed by atoms with Crippen molar-refractivity contribution in [1.29, 1.82) is 0 Å². The van der Waals surface area contributed by atoms with E-state index in [2.05, 4.69) is 21.2 Å². The Morgan fingerprint density at radius 3 is 2.56 bits per heavy atom. The van der Waals surface area contributed by atoms with Crippen molar-refractivity contribution in [3.63, 3.8) is 0 Å². The van der Waals surface area contributed by atoms with Crippen molar-refractivity contribution in [3.05, 3.63) is 67.5 Å². The highest BCUT2D eigenvalue weighted by atomic mass is 79.9. The number of nitro benzene ring substituents is 1. The molecule has 0 amide bonds. The predicted octanol–water partition coefficient (Wildman–Crippen LogP) is 4.19. The maximum atomic E-state index is 11.7. The number of benzene rings is 2. The van der Waals surface area contributed by atoms with Crippen molar-refractivity contribution < 1.29 is 19.2 Å². The molecule has 0 saturated heterocycles. The van der Waals surface area contributed by atoms with Crippen LogP contribution >= 0.6 is 15.9 Å². The highest BCUT2D eigenvalue weighted by molar-refractivity contribution is 9.10. The predicted molar refractivity (Wildman–Crippen MR) is 92.2 cm³/mol. The molecule has 2 aromatic rings. The molecule has 0 aliphatic heterocycles. The van der Waals surface area contributed by atoms with Gasteiger partial charge in [0.1, 0.15) is 12.4 Å². The van der Waals surface area contributed by atoms with Crippen molar-refractivity contribution in [2.75, 3.05) is 12.1 Å². The molecular formula is C15H12BrN3O6. The van der Waals surface area contributed by atoms with Crippen LogP contribution in [0.4, 0.5) is 16.2 Å². The number of carbonyl (C=O) groups excluding carboxylic acids is 1. The summed E-state index contributed by atoms with van der Waals surface area (Å²) in [5.74, 6) is 0.193. The number of nitrogens with zero attached hydrogens (tertiary/aromatic N) is 3. The van der Waals surface area contributed by atoms with Gasteiger partial charge in [0.2, 0.25) is 0 Å². The number of ether oxygens (including phenoxy) is 2. The summed E-state index contributed by atoms with van der Waals surface area (Å²) < 4.78 is 10.4. The van der Waals surface area contributed by atoms with Crippen molar-refractivity contribution in [1.82, 2.24) is 0 Å².